The smallest absolute Gasteiger partial charge is 0.0834 e. The molecule has 0 aromatic rings. The van der Waals surface area contributed by atoms with Crippen molar-refractivity contribution in [1.82, 2.24) is 5.43 Å². The summed E-state index contributed by atoms with van der Waals surface area (Å²) in [6.07, 6.45) is 3.70. The molecule has 0 saturated carbocycles. The monoisotopic (exact) mass is 304 g/mol. The van der Waals surface area contributed by atoms with Crippen molar-refractivity contribution in [3.05, 3.63) is 0 Å². The zero-order valence-electron chi connectivity index (χ0n) is 11.3. The molecule has 3 heterocycles. The number of nitrogens with two attached hydrogens (primary N) is 1. The van der Waals surface area contributed by atoms with Crippen LogP contribution < -0.4 is 11.3 Å². The van der Waals surface area contributed by atoms with Crippen molar-refractivity contribution in [1.29, 1.82) is 0 Å². The minimum Gasteiger partial charge on any atom is -0.375 e. The highest BCUT2D eigenvalue weighted by atomic mass is 32.2. The van der Waals surface area contributed by atoms with E-state index in [0.717, 1.165) is 43.3 Å². The summed E-state index contributed by atoms with van der Waals surface area (Å²) in [5, 5.41) is 0. The van der Waals surface area contributed by atoms with Gasteiger partial charge in [0.25, 0.3) is 0 Å². The molecule has 19 heavy (non-hydrogen) atoms. The number of rotatable bonds is 3. The second-order valence-electron chi connectivity index (χ2n) is 5.76. The van der Waals surface area contributed by atoms with Gasteiger partial charge in [-0.05, 0) is 30.9 Å². The summed E-state index contributed by atoms with van der Waals surface area (Å²) in [4.78, 5) is 0. The van der Waals surface area contributed by atoms with E-state index in [1.54, 1.807) is 0 Å². The van der Waals surface area contributed by atoms with Gasteiger partial charge in [-0.15, -0.1) is 0 Å². The summed E-state index contributed by atoms with van der Waals surface area (Å²) in [6, 6.07) is 0.277. The molecule has 0 bridgehead atoms. The van der Waals surface area contributed by atoms with Crippen molar-refractivity contribution in [3.8, 4) is 0 Å². The molecule has 3 saturated heterocycles. The van der Waals surface area contributed by atoms with E-state index >= 15 is 0 Å². The molecule has 110 valence electrons. The molecule has 4 atom stereocenters. The maximum atomic E-state index is 6.10. The molecule has 0 aromatic carbocycles. The summed E-state index contributed by atoms with van der Waals surface area (Å²) in [7, 11) is 0. The highest BCUT2D eigenvalue weighted by Gasteiger charge is 2.44. The maximum absolute atomic E-state index is 6.10. The Hall–Kier alpha value is 0.540. The van der Waals surface area contributed by atoms with Crippen LogP contribution in [0.2, 0.25) is 0 Å². The fourth-order valence-electron chi connectivity index (χ4n) is 3.50. The van der Waals surface area contributed by atoms with Gasteiger partial charge in [-0.25, -0.2) is 0 Å². The van der Waals surface area contributed by atoms with E-state index in [1.165, 1.54) is 12.2 Å². The Labute approximate surface area is 123 Å². The zero-order valence-corrected chi connectivity index (χ0v) is 12.9. The third kappa shape index (κ3) is 3.24. The zero-order chi connectivity index (χ0) is 13.1. The first kappa shape index (κ1) is 14.5. The van der Waals surface area contributed by atoms with Crippen LogP contribution in [-0.4, -0.2) is 54.0 Å². The van der Waals surface area contributed by atoms with E-state index in [9.17, 15) is 0 Å². The van der Waals surface area contributed by atoms with Crippen molar-refractivity contribution in [2.75, 3.05) is 36.2 Å². The van der Waals surface area contributed by atoms with Crippen LogP contribution in [0.5, 0.6) is 0 Å². The molecular formula is C13H24N2O2S2. The Bertz CT molecular complexity index is 294. The van der Waals surface area contributed by atoms with Gasteiger partial charge in [-0.1, -0.05) is 0 Å². The predicted molar refractivity (Wildman–Crippen MR) is 81.5 cm³/mol. The first-order valence-electron chi connectivity index (χ1n) is 7.20. The minimum absolute atomic E-state index is 0.129. The van der Waals surface area contributed by atoms with Gasteiger partial charge in [0.2, 0.25) is 0 Å². The van der Waals surface area contributed by atoms with E-state index in [-0.39, 0.29) is 17.7 Å². The quantitative estimate of drug-likeness (QED) is 0.605. The Balaban J connectivity index is 1.64. The average molecular weight is 304 g/mol. The van der Waals surface area contributed by atoms with Crippen molar-refractivity contribution in [2.24, 2.45) is 11.8 Å². The molecule has 3 N–H and O–H groups in total. The largest absolute Gasteiger partial charge is 0.375 e. The molecular weight excluding hydrogens is 280 g/mol. The lowest BCUT2D eigenvalue weighted by atomic mass is 9.80. The van der Waals surface area contributed by atoms with Gasteiger partial charge in [-0.2, -0.15) is 23.5 Å². The number of thioether (sulfide) groups is 2. The van der Waals surface area contributed by atoms with Crippen LogP contribution in [0.15, 0.2) is 0 Å². The molecule has 6 heteroatoms. The van der Waals surface area contributed by atoms with Crippen LogP contribution in [0, 0.1) is 5.92 Å². The molecule has 3 aliphatic heterocycles. The van der Waals surface area contributed by atoms with Gasteiger partial charge in [0.05, 0.1) is 24.4 Å². The van der Waals surface area contributed by atoms with Crippen LogP contribution in [0.25, 0.3) is 0 Å². The molecule has 3 fully saturated rings. The normalized spacial score (nSPS) is 41.5. The van der Waals surface area contributed by atoms with Crippen LogP contribution in [0.4, 0.5) is 0 Å². The maximum Gasteiger partial charge on any atom is 0.0834 e. The predicted octanol–water partition coefficient (Wildman–Crippen LogP) is 1.25. The van der Waals surface area contributed by atoms with Crippen molar-refractivity contribution < 1.29 is 9.47 Å². The third-order valence-electron chi connectivity index (χ3n) is 4.54. The van der Waals surface area contributed by atoms with Gasteiger partial charge in [-0.3, -0.25) is 11.3 Å². The van der Waals surface area contributed by atoms with Crippen molar-refractivity contribution in [2.45, 2.75) is 37.0 Å². The van der Waals surface area contributed by atoms with Crippen molar-refractivity contribution in [3.63, 3.8) is 0 Å². The Morgan fingerprint density at radius 3 is 2.89 bits per heavy atom. The highest BCUT2D eigenvalue weighted by molar-refractivity contribution is 7.99. The molecule has 4 unspecified atom stereocenters. The van der Waals surface area contributed by atoms with E-state index in [1.807, 2.05) is 23.5 Å². The SMILES string of the molecule is NNC(C1CCOC2(CCSC2)C1)C1CSCCO1. The summed E-state index contributed by atoms with van der Waals surface area (Å²) in [5.41, 5.74) is 3.18. The fraction of sp³-hybridized carbons (Fsp3) is 1.00. The number of ether oxygens (including phenoxy) is 2. The van der Waals surface area contributed by atoms with Gasteiger partial charge in [0.15, 0.2) is 0 Å². The summed E-state index contributed by atoms with van der Waals surface area (Å²) in [5.74, 6) is 11.0. The molecule has 1 spiro atoms. The number of nitrogens with one attached hydrogen (secondary N) is 1. The molecule has 0 radical (unpaired) electrons. The summed E-state index contributed by atoms with van der Waals surface area (Å²) in [6.45, 7) is 1.74. The second-order valence-corrected chi connectivity index (χ2v) is 8.02. The van der Waals surface area contributed by atoms with Crippen LogP contribution >= 0.6 is 23.5 Å². The Kier molecular flexibility index (Phi) is 4.98. The molecule has 3 aliphatic rings. The second kappa shape index (κ2) is 6.54. The molecule has 0 aromatic heterocycles. The first-order chi connectivity index (χ1) is 9.33. The Morgan fingerprint density at radius 1 is 1.26 bits per heavy atom. The van der Waals surface area contributed by atoms with E-state index in [2.05, 4.69) is 5.43 Å². The fourth-order valence-corrected chi connectivity index (χ4v) is 5.79. The van der Waals surface area contributed by atoms with Crippen LogP contribution in [0.1, 0.15) is 19.3 Å². The van der Waals surface area contributed by atoms with Gasteiger partial charge in [0, 0.05) is 23.9 Å². The van der Waals surface area contributed by atoms with E-state index in [4.69, 9.17) is 15.3 Å². The molecule has 0 amide bonds. The van der Waals surface area contributed by atoms with Crippen LogP contribution in [-0.2, 0) is 9.47 Å². The average Bonchev–Trinajstić information content (AvgIpc) is 2.89. The minimum atomic E-state index is 0.129. The lowest BCUT2D eigenvalue weighted by Crippen LogP contribution is -2.55. The number of hydrogen-bond donors (Lipinski definition) is 2. The summed E-state index contributed by atoms with van der Waals surface area (Å²) >= 11 is 4.00. The van der Waals surface area contributed by atoms with Gasteiger partial charge in [0.1, 0.15) is 0 Å². The number of hydrogen-bond acceptors (Lipinski definition) is 6. The van der Waals surface area contributed by atoms with E-state index < -0.39 is 0 Å². The first-order valence-corrected chi connectivity index (χ1v) is 9.51. The highest BCUT2D eigenvalue weighted by Crippen LogP contribution is 2.42. The molecule has 3 rings (SSSR count). The van der Waals surface area contributed by atoms with Gasteiger partial charge >= 0.3 is 0 Å². The topological polar surface area (TPSA) is 56.5 Å². The number of hydrazine groups is 1. The standard InChI is InChI=1S/C13H24N2O2S2/c14-15-12(11-8-18-6-4-16-11)10-1-3-17-13(7-10)2-5-19-9-13/h10-12,15H,1-9,14H2. The van der Waals surface area contributed by atoms with Gasteiger partial charge < -0.3 is 9.47 Å². The molecule has 0 aliphatic carbocycles. The lowest BCUT2D eigenvalue weighted by Gasteiger charge is -2.43. The lowest BCUT2D eigenvalue weighted by molar-refractivity contribution is -0.0957. The third-order valence-corrected chi connectivity index (χ3v) is 6.78. The van der Waals surface area contributed by atoms with E-state index in [0.29, 0.717) is 5.92 Å². The Morgan fingerprint density at radius 2 is 2.21 bits per heavy atom. The molecule has 4 nitrogen and oxygen atoms in total. The summed E-state index contributed by atoms with van der Waals surface area (Å²) < 4.78 is 12.0. The van der Waals surface area contributed by atoms with Crippen molar-refractivity contribution >= 4 is 23.5 Å². The van der Waals surface area contributed by atoms with Crippen LogP contribution in [0.3, 0.4) is 0 Å².